The van der Waals surface area contributed by atoms with Crippen molar-refractivity contribution in [1.29, 1.82) is 0 Å². The summed E-state index contributed by atoms with van der Waals surface area (Å²) < 4.78 is 47.4. The van der Waals surface area contributed by atoms with E-state index in [-0.39, 0.29) is 23.9 Å². The largest absolute Gasteiger partial charge is 0.493 e. The summed E-state index contributed by atoms with van der Waals surface area (Å²) in [5.74, 6) is 0.614. The van der Waals surface area contributed by atoms with Crippen molar-refractivity contribution >= 4 is 16.0 Å². The zero-order valence-corrected chi connectivity index (χ0v) is 16.7. The van der Waals surface area contributed by atoms with Gasteiger partial charge in [-0.05, 0) is 31.2 Å². The molecule has 9 heteroatoms. The van der Waals surface area contributed by atoms with Gasteiger partial charge in [0.25, 0.3) is 0 Å². The van der Waals surface area contributed by atoms with Crippen molar-refractivity contribution in [1.82, 2.24) is 4.72 Å². The van der Waals surface area contributed by atoms with Crippen LogP contribution in [0.25, 0.3) is 0 Å². The smallest absolute Gasteiger partial charge is 0.321 e. The van der Waals surface area contributed by atoms with Crippen molar-refractivity contribution in [3.8, 4) is 17.2 Å². The van der Waals surface area contributed by atoms with Crippen molar-refractivity contribution in [2.24, 2.45) is 0 Å². The predicted octanol–water partition coefficient (Wildman–Crippen LogP) is 1.91. The van der Waals surface area contributed by atoms with Gasteiger partial charge in [0.1, 0.15) is 25.5 Å². The van der Waals surface area contributed by atoms with Crippen LogP contribution in [0, 0.1) is 6.92 Å². The molecule has 0 bridgehead atoms. The normalized spacial score (nSPS) is 11.0. The van der Waals surface area contributed by atoms with E-state index in [0.29, 0.717) is 11.5 Å². The van der Waals surface area contributed by atoms with E-state index in [1.165, 1.54) is 32.4 Å². The van der Waals surface area contributed by atoms with E-state index in [9.17, 15) is 13.2 Å². The number of hydrogen-bond acceptors (Lipinski definition) is 7. The van der Waals surface area contributed by atoms with Crippen LogP contribution in [-0.4, -0.2) is 48.4 Å². The van der Waals surface area contributed by atoms with Crippen molar-refractivity contribution in [3.63, 3.8) is 0 Å². The summed E-state index contributed by atoms with van der Waals surface area (Å²) >= 11 is 0. The Labute approximate surface area is 164 Å². The molecule has 8 nitrogen and oxygen atoms in total. The molecule has 0 saturated heterocycles. The number of aryl methyl sites for hydroxylation is 1. The minimum Gasteiger partial charge on any atom is -0.493 e. The van der Waals surface area contributed by atoms with Gasteiger partial charge < -0.3 is 18.9 Å². The topological polar surface area (TPSA) is 100 Å². The highest BCUT2D eigenvalue weighted by Crippen LogP contribution is 2.29. The number of nitrogens with one attached hydrogen (secondary N) is 1. The van der Waals surface area contributed by atoms with E-state index < -0.39 is 22.5 Å². The lowest BCUT2D eigenvalue weighted by atomic mass is 10.2. The number of carbonyl (C=O) groups is 1. The number of carbonyl (C=O) groups excluding carboxylic acids is 1. The summed E-state index contributed by atoms with van der Waals surface area (Å²) in [5.41, 5.74) is 1.11. The van der Waals surface area contributed by atoms with Crippen LogP contribution in [0.1, 0.15) is 5.56 Å². The van der Waals surface area contributed by atoms with Gasteiger partial charge in [-0.15, -0.1) is 0 Å². The molecular weight excluding hydrogens is 386 g/mol. The van der Waals surface area contributed by atoms with E-state index in [2.05, 4.69) is 4.72 Å². The lowest BCUT2D eigenvalue weighted by Gasteiger charge is -2.11. The Balaban J connectivity index is 1.80. The minimum atomic E-state index is -3.91. The van der Waals surface area contributed by atoms with Gasteiger partial charge in [0.15, 0.2) is 11.5 Å². The molecule has 152 valence electrons. The van der Waals surface area contributed by atoms with Crippen molar-refractivity contribution in [3.05, 3.63) is 48.0 Å². The molecule has 0 saturated carbocycles. The highest BCUT2D eigenvalue weighted by atomic mass is 32.2. The molecule has 28 heavy (non-hydrogen) atoms. The number of rotatable bonds is 10. The fourth-order valence-corrected chi connectivity index (χ4v) is 3.21. The maximum Gasteiger partial charge on any atom is 0.321 e. The SMILES string of the molecule is COc1ccc(S(=O)(=O)NCC(=O)OCCOc2ccc(C)cc2)cc1OC. The van der Waals surface area contributed by atoms with Gasteiger partial charge in [0, 0.05) is 6.07 Å². The molecule has 0 radical (unpaired) electrons. The lowest BCUT2D eigenvalue weighted by Crippen LogP contribution is -2.31. The second-order valence-corrected chi connectivity index (χ2v) is 7.49. The molecule has 0 aliphatic heterocycles. The predicted molar refractivity (Wildman–Crippen MR) is 102 cm³/mol. The third-order valence-electron chi connectivity index (χ3n) is 3.71. The fraction of sp³-hybridized carbons (Fsp3) is 0.316. The van der Waals surface area contributed by atoms with Gasteiger partial charge in [-0.2, -0.15) is 4.72 Å². The van der Waals surface area contributed by atoms with Gasteiger partial charge in [-0.1, -0.05) is 17.7 Å². The molecule has 2 aromatic carbocycles. The summed E-state index contributed by atoms with van der Waals surface area (Å²) in [4.78, 5) is 11.7. The van der Waals surface area contributed by atoms with Crippen LogP contribution in [0.2, 0.25) is 0 Å². The Bertz CT molecular complexity index is 895. The van der Waals surface area contributed by atoms with Gasteiger partial charge in [0.2, 0.25) is 10.0 Å². The first-order valence-electron chi connectivity index (χ1n) is 8.42. The molecule has 1 N–H and O–H groups in total. The van der Waals surface area contributed by atoms with Gasteiger partial charge >= 0.3 is 5.97 Å². The van der Waals surface area contributed by atoms with Crippen LogP contribution in [0.3, 0.4) is 0 Å². The Kier molecular flexibility index (Phi) is 7.65. The highest BCUT2D eigenvalue weighted by Gasteiger charge is 2.18. The maximum atomic E-state index is 12.3. The molecule has 0 aliphatic rings. The van der Waals surface area contributed by atoms with Crippen molar-refractivity contribution < 1.29 is 32.2 Å². The molecule has 0 aliphatic carbocycles. The van der Waals surface area contributed by atoms with E-state index >= 15 is 0 Å². The van der Waals surface area contributed by atoms with Crippen LogP contribution in [-0.2, 0) is 19.6 Å². The van der Waals surface area contributed by atoms with Crippen LogP contribution < -0.4 is 18.9 Å². The second-order valence-electron chi connectivity index (χ2n) is 5.72. The zero-order chi connectivity index (χ0) is 20.6. The first kappa shape index (κ1) is 21.5. The zero-order valence-electron chi connectivity index (χ0n) is 15.9. The lowest BCUT2D eigenvalue weighted by molar-refractivity contribution is -0.142. The number of benzene rings is 2. The first-order valence-corrected chi connectivity index (χ1v) is 9.91. The van der Waals surface area contributed by atoms with E-state index in [0.717, 1.165) is 5.56 Å². The van der Waals surface area contributed by atoms with E-state index in [1.54, 1.807) is 0 Å². The summed E-state index contributed by atoms with van der Waals surface area (Å²) in [6.45, 7) is 1.64. The molecule has 2 rings (SSSR count). The summed E-state index contributed by atoms with van der Waals surface area (Å²) in [6.07, 6.45) is 0. The molecule has 0 atom stereocenters. The molecule has 0 unspecified atom stereocenters. The van der Waals surface area contributed by atoms with Gasteiger partial charge in [0.05, 0.1) is 19.1 Å². The quantitative estimate of drug-likeness (QED) is 0.473. The number of methoxy groups -OCH3 is 2. The molecule has 0 spiro atoms. The van der Waals surface area contributed by atoms with Crippen molar-refractivity contribution in [2.45, 2.75) is 11.8 Å². The van der Waals surface area contributed by atoms with Crippen molar-refractivity contribution in [2.75, 3.05) is 34.0 Å². The molecule has 0 heterocycles. The maximum absolute atomic E-state index is 12.3. The summed E-state index contributed by atoms with van der Waals surface area (Å²) in [6, 6.07) is 11.6. The average Bonchev–Trinajstić information content (AvgIpc) is 2.70. The first-order chi connectivity index (χ1) is 13.4. The number of hydrogen-bond donors (Lipinski definition) is 1. The van der Waals surface area contributed by atoms with E-state index in [1.807, 2.05) is 31.2 Å². The molecule has 0 fully saturated rings. The van der Waals surface area contributed by atoms with Gasteiger partial charge in [-0.3, -0.25) is 4.79 Å². The van der Waals surface area contributed by atoms with Crippen LogP contribution in [0.5, 0.6) is 17.2 Å². The molecule has 0 amide bonds. The molecular formula is C19H23NO7S. The average molecular weight is 409 g/mol. The number of ether oxygens (including phenoxy) is 4. The van der Waals surface area contributed by atoms with Gasteiger partial charge in [-0.25, -0.2) is 8.42 Å². The minimum absolute atomic E-state index is 0.00476. The number of sulfonamides is 1. The monoisotopic (exact) mass is 409 g/mol. The molecule has 2 aromatic rings. The Hall–Kier alpha value is -2.78. The second kappa shape index (κ2) is 9.95. The Morgan fingerprint density at radius 2 is 1.64 bits per heavy atom. The van der Waals surface area contributed by atoms with Crippen LogP contribution in [0.4, 0.5) is 0 Å². The van der Waals surface area contributed by atoms with Crippen LogP contribution in [0.15, 0.2) is 47.4 Å². The molecule has 0 aromatic heterocycles. The highest BCUT2D eigenvalue weighted by molar-refractivity contribution is 7.89. The number of esters is 1. The van der Waals surface area contributed by atoms with E-state index in [4.69, 9.17) is 18.9 Å². The summed E-state index contributed by atoms with van der Waals surface area (Å²) in [5, 5.41) is 0. The third kappa shape index (κ3) is 6.14. The fourth-order valence-electron chi connectivity index (χ4n) is 2.22. The third-order valence-corrected chi connectivity index (χ3v) is 5.11. The Morgan fingerprint density at radius 1 is 0.964 bits per heavy atom. The Morgan fingerprint density at radius 3 is 2.29 bits per heavy atom. The standard InChI is InChI=1S/C19H23NO7S/c1-14-4-6-15(7-5-14)26-10-11-27-19(21)13-20-28(22,23)16-8-9-17(24-2)18(12-16)25-3/h4-9,12,20H,10-11,13H2,1-3H3. The summed E-state index contributed by atoms with van der Waals surface area (Å²) in [7, 11) is -1.06. The van der Waals surface area contributed by atoms with Crippen LogP contribution >= 0.6 is 0 Å².